The molecule has 146 valence electrons. The molecule has 5 nitrogen and oxygen atoms in total. The maximum absolute atomic E-state index is 13.6. The van der Waals surface area contributed by atoms with Gasteiger partial charge in [0.2, 0.25) is 5.91 Å². The second-order valence-electron chi connectivity index (χ2n) is 6.24. The van der Waals surface area contributed by atoms with Gasteiger partial charge in [-0.1, -0.05) is 19.3 Å². The number of rotatable bonds is 6. The first-order valence-corrected chi connectivity index (χ1v) is 8.76. The molecule has 0 spiro atoms. The molecule has 0 radical (unpaired) electrons. The summed E-state index contributed by atoms with van der Waals surface area (Å²) in [6, 6.07) is 3.62. The van der Waals surface area contributed by atoms with Gasteiger partial charge in [-0.3, -0.25) is 9.79 Å². The maximum Gasteiger partial charge on any atom is 0.221 e. The average molecular weight is 480 g/mol. The van der Waals surface area contributed by atoms with Crippen LogP contribution in [0.15, 0.2) is 23.2 Å². The Hall–Kier alpha value is -1.45. The summed E-state index contributed by atoms with van der Waals surface area (Å²) in [4.78, 5) is 16.0. The van der Waals surface area contributed by atoms with Crippen LogP contribution in [0.2, 0.25) is 0 Å². The summed E-state index contributed by atoms with van der Waals surface area (Å²) in [6.45, 7) is 0.529. The molecular weight excluding hydrogens is 453 g/mol. The minimum atomic E-state index is -0.486. The smallest absolute Gasteiger partial charge is 0.221 e. The van der Waals surface area contributed by atoms with E-state index in [0.29, 0.717) is 25.0 Å². The predicted molar refractivity (Wildman–Crippen MR) is 110 cm³/mol. The predicted octanol–water partition coefficient (Wildman–Crippen LogP) is 3.09. The van der Waals surface area contributed by atoms with Crippen LogP contribution in [0.5, 0.6) is 0 Å². The second kappa shape index (κ2) is 12.0. The zero-order valence-corrected chi connectivity index (χ0v) is 17.3. The first-order chi connectivity index (χ1) is 12.1. The minimum Gasteiger partial charge on any atom is -0.356 e. The fraction of sp³-hybridized carbons (Fsp3) is 0.556. The van der Waals surface area contributed by atoms with E-state index in [4.69, 9.17) is 0 Å². The van der Waals surface area contributed by atoms with Gasteiger partial charge >= 0.3 is 0 Å². The van der Waals surface area contributed by atoms with Gasteiger partial charge in [-0.2, -0.15) is 0 Å². The third-order valence-corrected chi connectivity index (χ3v) is 4.29. The van der Waals surface area contributed by atoms with Gasteiger partial charge in [-0.05, 0) is 31.0 Å². The molecule has 0 atom stereocenters. The highest BCUT2D eigenvalue weighted by Crippen LogP contribution is 2.17. The van der Waals surface area contributed by atoms with E-state index in [1.165, 1.54) is 19.3 Å². The van der Waals surface area contributed by atoms with Crippen molar-refractivity contribution in [1.29, 1.82) is 0 Å². The molecule has 1 fully saturated rings. The molecule has 1 aliphatic carbocycles. The quantitative estimate of drug-likeness (QED) is 0.333. The topological polar surface area (TPSA) is 65.5 Å². The Kier molecular flexibility index (Phi) is 10.5. The third kappa shape index (κ3) is 7.84. The fourth-order valence-corrected chi connectivity index (χ4v) is 2.92. The molecule has 1 aromatic carbocycles. The molecule has 1 aromatic rings. The van der Waals surface area contributed by atoms with E-state index >= 15 is 0 Å². The highest BCUT2D eigenvalue weighted by Gasteiger charge is 2.15. The third-order valence-electron chi connectivity index (χ3n) is 4.29. The van der Waals surface area contributed by atoms with Crippen molar-refractivity contribution in [3.63, 3.8) is 0 Å². The largest absolute Gasteiger partial charge is 0.356 e. The molecule has 0 saturated heterocycles. The van der Waals surface area contributed by atoms with Gasteiger partial charge in [-0.25, -0.2) is 8.78 Å². The number of carbonyl (C=O) groups excluding carboxylic acids is 1. The maximum atomic E-state index is 13.6. The van der Waals surface area contributed by atoms with Gasteiger partial charge in [0.05, 0.1) is 0 Å². The van der Waals surface area contributed by atoms with Crippen molar-refractivity contribution in [2.75, 3.05) is 13.6 Å². The van der Waals surface area contributed by atoms with Crippen molar-refractivity contribution in [2.24, 2.45) is 4.99 Å². The molecule has 1 aliphatic rings. The van der Waals surface area contributed by atoms with Gasteiger partial charge in [0.15, 0.2) is 5.96 Å². The number of guanidine groups is 1. The van der Waals surface area contributed by atoms with Crippen LogP contribution in [0.25, 0.3) is 0 Å². The van der Waals surface area contributed by atoms with Crippen molar-refractivity contribution >= 4 is 35.8 Å². The number of aliphatic imine (C=N–C) groups is 1. The van der Waals surface area contributed by atoms with E-state index in [9.17, 15) is 13.6 Å². The van der Waals surface area contributed by atoms with Gasteiger partial charge < -0.3 is 16.0 Å². The van der Waals surface area contributed by atoms with Gasteiger partial charge in [0, 0.05) is 38.2 Å². The summed E-state index contributed by atoms with van der Waals surface area (Å²) in [5.74, 6) is -0.503. The van der Waals surface area contributed by atoms with Crippen LogP contribution in [0.1, 0.15) is 44.1 Å². The van der Waals surface area contributed by atoms with Crippen LogP contribution in [0.3, 0.4) is 0 Å². The first-order valence-electron chi connectivity index (χ1n) is 8.76. The number of carbonyl (C=O) groups is 1. The van der Waals surface area contributed by atoms with Gasteiger partial charge in [0.25, 0.3) is 0 Å². The van der Waals surface area contributed by atoms with Crippen LogP contribution in [0, 0.1) is 11.6 Å². The number of amides is 1. The Balaban J connectivity index is 0.00000338. The lowest BCUT2D eigenvalue weighted by Gasteiger charge is -2.22. The van der Waals surface area contributed by atoms with Crippen LogP contribution < -0.4 is 16.0 Å². The monoisotopic (exact) mass is 480 g/mol. The Morgan fingerprint density at radius 2 is 1.92 bits per heavy atom. The number of halogens is 3. The van der Waals surface area contributed by atoms with Crippen molar-refractivity contribution in [2.45, 2.75) is 51.1 Å². The molecule has 3 N–H and O–H groups in total. The van der Waals surface area contributed by atoms with Crippen LogP contribution in [-0.4, -0.2) is 31.5 Å². The van der Waals surface area contributed by atoms with E-state index in [-0.39, 0.29) is 42.0 Å². The number of nitrogens with one attached hydrogen (secondary N) is 3. The standard InChI is InChI=1S/C18H26F2N4O.HI/c1-21-18(23-12-13-11-14(19)7-8-16(13)20)22-10-9-17(25)24-15-5-3-2-4-6-15;/h7-8,11,15H,2-6,9-10,12H2,1H3,(H,24,25)(H2,21,22,23);1H. The Bertz CT molecular complexity index is 607. The van der Waals surface area contributed by atoms with E-state index in [2.05, 4.69) is 20.9 Å². The van der Waals surface area contributed by atoms with Gasteiger partial charge in [-0.15, -0.1) is 24.0 Å². The lowest BCUT2D eigenvalue weighted by Crippen LogP contribution is -2.41. The molecule has 0 unspecified atom stereocenters. The summed E-state index contributed by atoms with van der Waals surface area (Å²) in [7, 11) is 1.58. The molecule has 1 saturated carbocycles. The molecular formula is C18H27F2IN4O. The highest BCUT2D eigenvalue weighted by atomic mass is 127. The second-order valence-corrected chi connectivity index (χ2v) is 6.24. The molecule has 26 heavy (non-hydrogen) atoms. The fourth-order valence-electron chi connectivity index (χ4n) is 2.92. The lowest BCUT2D eigenvalue weighted by atomic mass is 9.95. The zero-order chi connectivity index (χ0) is 18.1. The molecule has 0 aliphatic heterocycles. The van der Waals surface area contributed by atoms with Crippen molar-refractivity contribution in [3.8, 4) is 0 Å². The summed E-state index contributed by atoms with van der Waals surface area (Å²) < 4.78 is 26.7. The van der Waals surface area contributed by atoms with Crippen molar-refractivity contribution in [1.82, 2.24) is 16.0 Å². The molecule has 0 heterocycles. The molecule has 0 aromatic heterocycles. The zero-order valence-electron chi connectivity index (χ0n) is 15.0. The normalized spacial score (nSPS) is 15.1. The van der Waals surface area contributed by atoms with Crippen molar-refractivity contribution in [3.05, 3.63) is 35.4 Å². The van der Waals surface area contributed by atoms with E-state index in [1.54, 1.807) is 7.05 Å². The number of benzene rings is 1. The number of nitrogens with zero attached hydrogens (tertiary/aromatic N) is 1. The molecule has 0 bridgehead atoms. The number of hydrogen-bond donors (Lipinski definition) is 3. The molecule has 2 rings (SSSR count). The Morgan fingerprint density at radius 1 is 1.19 bits per heavy atom. The van der Waals surface area contributed by atoms with Crippen LogP contribution >= 0.6 is 24.0 Å². The van der Waals surface area contributed by atoms with E-state index in [1.807, 2.05) is 0 Å². The van der Waals surface area contributed by atoms with Crippen molar-refractivity contribution < 1.29 is 13.6 Å². The van der Waals surface area contributed by atoms with Crippen LogP contribution in [-0.2, 0) is 11.3 Å². The number of hydrogen-bond acceptors (Lipinski definition) is 2. The lowest BCUT2D eigenvalue weighted by molar-refractivity contribution is -0.121. The summed E-state index contributed by atoms with van der Waals surface area (Å²) >= 11 is 0. The Labute approximate surface area is 170 Å². The summed E-state index contributed by atoms with van der Waals surface area (Å²) in [6.07, 6.45) is 6.06. The van der Waals surface area contributed by atoms with Crippen LogP contribution in [0.4, 0.5) is 8.78 Å². The SMILES string of the molecule is CN=C(NCCC(=O)NC1CCCCC1)NCc1cc(F)ccc1F.I. The average Bonchev–Trinajstić information content (AvgIpc) is 2.61. The molecule has 1 amide bonds. The minimum absolute atomic E-state index is 0. The Morgan fingerprint density at radius 3 is 2.62 bits per heavy atom. The van der Waals surface area contributed by atoms with E-state index < -0.39 is 11.6 Å². The summed E-state index contributed by atoms with van der Waals surface area (Å²) in [5, 5.41) is 8.96. The highest BCUT2D eigenvalue weighted by molar-refractivity contribution is 14.0. The first kappa shape index (κ1) is 22.6. The van der Waals surface area contributed by atoms with E-state index in [0.717, 1.165) is 31.0 Å². The summed E-state index contributed by atoms with van der Waals surface area (Å²) in [5.41, 5.74) is 0.220. The van der Waals surface area contributed by atoms with Gasteiger partial charge in [0.1, 0.15) is 11.6 Å². The molecule has 8 heteroatoms.